The Morgan fingerprint density at radius 3 is 0.765 bits per heavy atom. The first-order valence-electron chi connectivity index (χ1n) is 3.32. The zero-order valence-electron chi connectivity index (χ0n) is 8.86. The van der Waals surface area contributed by atoms with Gasteiger partial charge in [-0.05, 0) is 18.2 Å². The Hall–Kier alpha value is -1.23. The molecular weight excluding hydrogens is 325 g/mol. The van der Waals surface area contributed by atoms with Crippen molar-refractivity contribution in [1.82, 2.24) is 0 Å². The molecule has 0 atom stereocenters. The van der Waals surface area contributed by atoms with E-state index in [4.69, 9.17) is 29.7 Å². The van der Waals surface area contributed by atoms with Gasteiger partial charge in [-0.1, -0.05) is 19.7 Å². The first kappa shape index (κ1) is 29.7. The molecule has 0 fully saturated rings. The van der Waals surface area contributed by atoms with E-state index < -0.39 is 17.9 Å². The third kappa shape index (κ3) is 106. The van der Waals surface area contributed by atoms with E-state index in [0.29, 0.717) is 0 Å². The van der Waals surface area contributed by atoms with Crippen LogP contribution in [-0.4, -0.2) is 17.9 Å². The summed E-state index contributed by atoms with van der Waals surface area (Å²) in [5.74, 6) is -3.69. The third-order valence-corrected chi connectivity index (χ3v) is 0.500. The van der Waals surface area contributed by atoms with Crippen molar-refractivity contribution in [2.24, 2.45) is 0 Å². The SMILES string of the molecule is C=CC(=O)[O-].C=CC(=O)[O-].C=CC(=O)[O-].[Fe+3].[Zn]. The molecule has 0 aromatic rings. The minimum atomic E-state index is -1.23. The molecule has 0 aliphatic heterocycles. The van der Waals surface area contributed by atoms with E-state index in [-0.39, 0.29) is 36.5 Å². The molecule has 0 aromatic heterocycles. The number of carbonyl (C=O) groups excluding carboxylic acids is 3. The Kier molecular flexibility index (Phi) is 42.1. The quantitative estimate of drug-likeness (QED) is 0.395. The molecule has 0 amide bonds. The maximum absolute atomic E-state index is 9.14. The van der Waals surface area contributed by atoms with E-state index in [0.717, 1.165) is 18.2 Å². The zero-order valence-corrected chi connectivity index (χ0v) is 12.9. The molecule has 6 nitrogen and oxygen atoms in total. The number of carboxylic acids is 3. The number of rotatable bonds is 3. The average Bonchev–Trinajstić information content (AvgIpc) is 2.19. The molecule has 17 heavy (non-hydrogen) atoms. The fraction of sp³-hybridized carbons (Fsp3) is 0. The molecule has 0 aromatic carbocycles. The van der Waals surface area contributed by atoms with Gasteiger partial charge in [-0.2, -0.15) is 0 Å². The molecule has 0 aliphatic rings. The molecule has 0 N–H and O–H groups in total. The van der Waals surface area contributed by atoms with Crippen LogP contribution in [0.5, 0.6) is 0 Å². The molecule has 0 aliphatic carbocycles. The van der Waals surface area contributed by atoms with Gasteiger partial charge in [-0.15, -0.1) is 0 Å². The summed E-state index contributed by atoms with van der Waals surface area (Å²) in [4.78, 5) is 27.4. The van der Waals surface area contributed by atoms with Crippen LogP contribution in [0.4, 0.5) is 0 Å². The van der Waals surface area contributed by atoms with Gasteiger partial charge in [0.1, 0.15) is 0 Å². The Morgan fingerprint density at radius 1 is 0.706 bits per heavy atom. The maximum atomic E-state index is 9.14. The van der Waals surface area contributed by atoms with Gasteiger partial charge >= 0.3 is 17.1 Å². The summed E-state index contributed by atoms with van der Waals surface area (Å²) in [6, 6.07) is 0. The van der Waals surface area contributed by atoms with E-state index >= 15 is 0 Å². The normalized spacial score (nSPS) is 5.65. The predicted molar refractivity (Wildman–Crippen MR) is 45.6 cm³/mol. The average molecular weight is 334 g/mol. The van der Waals surface area contributed by atoms with Crippen LogP contribution in [0.2, 0.25) is 0 Å². The molecule has 8 heteroatoms. The van der Waals surface area contributed by atoms with Crippen molar-refractivity contribution in [1.29, 1.82) is 0 Å². The number of aliphatic carboxylic acids is 3. The van der Waals surface area contributed by atoms with Crippen molar-refractivity contribution in [3.8, 4) is 0 Å². The first-order chi connectivity index (χ1) is 6.81. The number of hydrogen-bond acceptors (Lipinski definition) is 6. The minimum absolute atomic E-state index is 0. The molecule has 0 saturated carbocycles. The monoisotopic (exact) mass is 333 g/mol. The fourth-order valence-electron chi connectivity index (χ4n) is 0. The smallest absolute Gasteiger partial charge is 0.545 e. The van der Waals surface area contributed by atoms with Crippen molar-refractivity contribution in [3.05, 3.63) is 38.0 Å². The topological polar surface area (TPSA) is 120 Å². The summed E-state index contributed by atoms with van der Waals surface area (Å²) in [5.41, 5.74) is 0. The second kappa shape index (κ2) is 24.1. The number of carboxylic acid groups (broad SMARTS) is 3. The van der Waals surface area contributed by atoms with E-state index in [1.807, 2.05) is 0 Å². The molecule has 0 bridgehead atoms. The summed E-state index contributed by atoms with van der Waals surface area (Å²) < 4.78 is 0. The number of hydrogen-bond donors (Lipinski definition) is 0. The molecule has 0 spiro atoms. The van der Waals surface area contributed by atoms with Crippen LogP contribution in [0, 0.1) is 0 Å². The van der Waals surface area contributed by atoms with Crippen LogP contribution >= 0.6 is 0 Å². The summed E-state index contributed by atoms with van der Waals surface area (Å²) in [6.45, 7) is 8.69. The van der Waals surface area contributed by atoms with E-state index in [9.17, 15) is 0 Å². The van der Waals surface area contributed by atoms with Crippen molar-refractivity contribution >= 4 is 17.9 Å². The van der Waals surface area contributed by atoms with E-state index in [1.165, 1.54) is 0 Å². The second-order valence-corrected chi connectivity index (χ2v) is 1.57. The summed E-state index contributed by atoms with van der Waals surface area (Å²) in [5, 5.41) is 27.4. The van der Waals surface area contributed by atoms with Gasteiger partial charge in [-0.3, -0.25) is 0 Å². The predicted octanol–water partition coefficient (Wildman–Crippen LogP) is -3.24. The van der Waals surface area contributed by atoms with Gasteiger partial charge < -0.3 is 29.7 Å². The van der Waals surface area contributed by atoms with Crippen LogP contribution in [0.25, 0.3) is 0 Å². The van der Waals surface area contributed by atoms with Gasteiger partial charge in [0.25, 0.3) is 0 Å². The van der Waals surface area contributed by atoms with Crippen LogP contribution in [0.1, 0.15) is 0 Å². The van der Waals surface area contributed by atoms with Crippen molar-refractivity contribution in [2.45, 2.75) is 0 Å². The molecule has 0 unspecified atom stereocenters. The standard InChI is InChI=1S/3C3H4O2.Fe.Zn/c3*1-2-3(4)5;;/h3*2H,1H2,(H,4,5);;/q;;;+3;/p-3. The molecule has 91 valence electrons. The van der Waals surface area contributed by atoms with Crippen LogP contribution in [0.15, 0.2) is 38.0 Å². The molecule has 0 heterocycles. The Bertz CT molecular complexity index is 221. The summed E-state index contributed by atoms with van der Waals surface area (Å²) >= 11 is 0. The van der Waals surface area contributed by atoms with Gasteiger partial charge in [0, 0.05) is 19.5 Å². The fourth-order valence-corrected chi connectivity index (χ4v) is 0. The maximum Gasteiger partial charge on any atom is 3.00 e. The van der Waals surface area contributed by atoms with Crippen molar-refractivity contribution < 1.29 is 66.2 Å². The summed E-state index contributed by atoms with van der Waals surface area (Å²) in [6.07, 6.45) is 2.17. The van der Waals surface area contributed by atoms with E-state index in [1.54, 1.807) is 0 Å². The zero-order chi connectivity index (χ0) is 12.9. The van der Waals surface area contributed by atoms with E-state index in [2.05, 4.69) is 19.7 Å². The van der Waals surface area contributed by atoms with Gasteiger partial charge in [0.15, 0.2) is 0 Å². The summed E-state index contributed by atoms with van der Waals surface area (Å²) in [7, 11) is 0. The van der Waals surface area contributed by atoms with Crippen molar-refractivity contribution in [3.63, 3.8) is 0 Å². The minimum Gasteiger partial charge on any atom is -0.545 e. The number of carbonyl (C=O) groups is 3. The van der Waals surface area contributed by atoms with Crippen LogP contribution < -0.4 is 15.3 Å². The van der Waals surface area contributed by atoms with Gasteiger partial charge in [0.05, 0.1) is 17.9 Å². The largest absolute Gasteiger partial charge is 3.00 e. The Morgan fingerprint density at radius 2 is 0.765 bits per heavy atom. The molecule has 0 saturated heterocycles. The molecule has 0 rings (SSSR count). The molecular formula is C9H9FeO6Zn. The third-order valence-electron chi connectivity index (χ3n) is 0.500. The molecule has 1 radical (unpaired) electrons. The Labute approximate surface area is 122 Å². The van der Waals surface area contributed by atoms with Crippen molar-refractivity contribution in [2.75, 3.05) is 0 Å². The van der Waals surface area contributed by atoms with Gasteiger partial charge in [-0.25, -0.2) is 0 Å². The van der Waals surface area contributed by atoms with Crippen LogP contribution in [0.3, 0.4) is 0 Å². The Balaban J connectivity index is -0.0000000400. The van der Waals surface area contributed by atoms with Gasteiger partial charge in [0.2, 0.25) is 0 Å². The van der Waals surface area contributed by atoms with Crippen LogP contribution in [-0.2, 0) is 50.9 Å². The first-order valence-corrected chi connectivity index (χ1v) is 3.32. The second-order valence-electron chi connectivity index (χ2n) is 1.57.